The molecule has 0 spiro atoms. The third-order valence-corrected chi connectivity index (χ3v) is 3.37. The van der Waals surface area contributed by atoms with Crippen LogP contribution in [0.1, 0.15) is 22.3 Å². The number of aryl methyl sites for hydroxylation is 1. The highest BCUT2D eigenvalue weighted by Crippen LogP contribution is 2.20. The average Bonchev–Trinajstić information content (AvgIpc) is 2.47. The predicted octanol–water partition coefficient (Wildman–Crippen LogP) is 3.51. The molecule has 0 bridgehead atoms. The van der Waals surface area contributed by atoms with Crippen molar-refractivity contribution in [2.24, 2.45) is 0 Å². The van der Waals surface area contributed by atoms with Crippen molar-refractivity contribution in [3.63, 3.8) is 0 Å². The number of hydrogen-bond acceptors (Lipinski definition) is 3. The van der Waals surface area contributed by atoms with Gasteiger partial charge >= 0.3 is 0 Å². The molecule has 3 nitrogen and oxygen atoms in total. The van der Waals surface area contributed by atoms with Gasteiger partial charge in [0.05, 0.1) is 12.7 Å². The van der Waals surface area contributed by atoms with E-state index >= 15 is 0 Å². The third-order valence-electron chi connectivity index (χ3n) is 3.37. The summed E-state index contributed by atoms with van der Waals surface area (Å²) >= 11 is 0. The predicted molar refractivity (Wildman–Crippen MR) is 84.1 cm³/mol. The molecule has 0 unspecified atom stereocenters. The molecular formula is C18H20N2O. The Bertz CT molecular complexity index is 659. The largest absolute Gasteiger partial charge is 0.495 e. The normalized spacial score (nSPS) is 10.4. The Morgan fingerprint density at radius 1 is 1.10 bits per heavy atom. The molecule has 0 saturated carbocycles. The Morgan fingerprint density at radius 2 is 1.81 bits per heavy atom. The maximum atomic E-state index is 9.13. The molecule has 0 heterocycles. The van der Waals surface area contributed by atoms with E-state index in [9.17, 15) is 0 Å². The third kappa shape index (κ3) is 4.08. The van der Waals surface area contributed by atoms with Crippen LogP contribution in [0.25, 0.3) is 0 Å². The van der Waals surface area contributed by atoms with Crippen LogP contribution in [0.4, 0.5) is 0 Å². The monoisotopic (exact) mass is 280 g/mol. The quantitative estimate of drug-likeness (QED) is 0.841. The van der Waals surface area contributed by atoms with Gasteiger partial charge in [-0.15, -0.1) is 0 Å². The molecule has 108 valence electrons. The van der Waals surface area contributed by atoms with Crippen molar-refractivity contribution in [1.82, 2.24) is 4.90 Å². The number of rotatable bonds is 5. The molecule has 0 aliphatic heterocycles. The number of methoxy groups -OCH3 is 1. The standard InChI is InChI=1S/C18H20N2O/c1-14-5-4-6-15(9-14)12-20(2)13-16-7-8-18(21-3)17(10-16)11-19/h4-10H,12-13H2,1-3H3. The van der Waals surface area contributed by atoms with E-state index in [-0.39, 0.29) is 0 Å². The van der Waals surface area contributed by atoms with Gasteiger partial charge in [0.1, 0.15) is 11.8 Å². The van der Waals surface area contributed by atoms with Gasteiger partial charge in [-0.3, -0.25) is 4.90 Å². The Morgan fingerprint density at radius 3 is 2.43 bits per heavy atom. The van der Waals surface area contributed by atoms with E-state index in [4.69, 9.17) is 10.00 Å². The van der Waals surface area contributed by atoms with E-state index in [0.29, 0.717) is 11.3 Å². The highest BCUT2D eigenvalue weighted by Gasteiger charge is 2.06. The van der Waals surface area contributed by atoms with Gasteiger partial charge in [-0.2, -0.15) is 5.26 Å². The Balaban J connectivity index is 2.06. The minimum atomic E-state index is 0.582. The first-order valence-electron chi connectivity index (χ1n) is 6.93. The number of ether oxygens (including phenoxy) is 1. The van der Waals surface area contributed by atoms with Crippen molar-refractivity contribution >= 4 is 0 Å². The molecule has 21 heavy (non-hydrogen) atoms. The van der Waals surface area contributed by atoms with Crippen LogP contribution < -0.4 is 4.74 Å². The van der Waals surface area contributed by atoms with Crippen LogP contribution in [-0.4, -0.2) is 19.1 Å². The summed E-state index contributed by atoms with van der Waals surface area (Å²) in [6, 6.07) is 16.5. The van der Waals surface area contributed by atoms with Gasteiger partial charge in [0, 0.05) is 13.1 Å². The van der Waals surface area contributed by atoms with Gasteiger partial charge in [0.25, 0.3) is 0 Å². The first-order chi connectivity index (χ1) is 10.1. The number of nitrogens with zero attached hydrogens (tertiary/aromatic N) is 2. The van der Waals surface area contributed by atoms with Gasteiger partial charge in [-0.05, 0) is 37.2 Å². The van der Waals surface area contributed by atoms with Crippen molar-refractivity contribution in [3.05, 3.63) is 64.7 Å². The summed E-state index contributed by atoms with van der Waals surface area (Å²) in [5.41, 5.74) is 4.27. The van der Waals surface area contributed by atoms with E-state index in [1.54, 1.807) is 7.11 Å². The zero-order chi connectivity index (χ0) is 15.2. The van der Waals surface area contributed by atoms with E-state index in [2.05, 4.69) is 49.2 Å². The highest BCUT2D eigenvalue weighted by molar-refractivity contribution is 5.45. The number of nitriles is 1. The van der Waals surface area contributed by atoms with Gasteiger partial charge in [0.15, 0.2) is 0 Å². The summed E-state index contributed by atoms with van der Waals surface area (Å²) in [6.07, 6.45) is 0. The molecule has 0 fully saturated rings. The fraction of sp³-hybridized carbons (Fsp3) is 0.278. The van der Waals surface area contributed by atoms with E-state index < -0.39 is 0 Å². The first-order valence-corrected chi connectivity index (χ1v) is 6.93. The first kappa shape index (κ1) is 15.1. The van der Waals surface area contributed by atoms with Gasteiger partial charge in [-0.25, -0.2) is 0 Å². The zero-order valence-corrected chi connectivity index (χ0v) is 12.8. The van der Waals surface area contributed by atoms with Crippen molar-refractivity contribution < 1.29 is 4.74 Å². The molecule has 2 rings (SSSR count). The molecule has 3 heteroatoms. The second-order valence-electron chi connectivity index (χ2n) is 5.31. The van der Waals surface area contributed by atoms with Crippen molar-refractivity contribution in [1.29, 1.82) is 5.26 Å². The van der Waals surface area contributed by atoms with Crippen LogP contribution in [0.3, 0.4) is 0 Å². The minimum absolute atomic E-state index is 0.582. The molecule has 0 saturated heterocycles. The summed E-state index contributed by atoms with van der Waals surface area (Å²) < 4.78 is 5.17. The fourth-order valence-electron chi connectivity index (χ4n) is 2.43. The molecule has 0 amide bonds. The molecule has 2 aromatic rings. The molecule has 0 aromatic heterocycles. The van der Waals surface area contributed by atoms with Crippen LogP contribution in [0.15, 0.2) is 42.5 Å². The number of benzene rings is 2. The summed E-state index contributed by atoms with van der Waals surface area (Å²) in [7, 11) is 3.67. The topological polar surface area (TPSA) is 36.3 Å². The molecule has 0 aliphatic rings. The van der Waals surface area contributed by atoms with Crippen molar-refractivity contribution in [2.45, 2.75) is 20.0 Å². The zero-order valence-electron chi connectivity index (χ0n) is 12.8. The lowest BCUT2D eigenvalue weighted by atomic mass is 10.1. The summed E-state index contributed by atoms with van der Waals surface area (Å²) in [4.78, 5) is 2.23. The lowest BCUT2D eigenvalue weighted by Crippen LogP contribution is -2.17. The Labute approximate surface area is 126 Å². The molecule has 2 aromatic carbocycles. The van der Waals surface area contributed by atoms with Crippen LogP contribution in [0, 0.1) is 18.3 Å². The van der Waals surface area contributed by atoms with Crippen molar-refractivity contribution in [2.75, 3.05) is 14.2 Å². The van der Waals surface area contributed by atoms with Gasteiger partial charge in [0.2, 0.25) is 0 Å². The maximum Gasteiger partial charge on any atom is 0.136 e. The summed E-state index contributed by atoms with van der Waals surface area (Å²) in [6.45, 7) is 3.79. The second-order valence-corrected chi connectivity index (χ2v) is 5.31. The van der Waals surface area contributed by atoms with Crippen LogP contribution in [-0.2, 0) is 13.1 Å². The van der Waals surface area contributed by atoms with Crippen LogP contribution in [0.2, 0.25) is 0 Å². The van der Waals surface area contributed by atoms with E-state index in [1.165, 1.54) is 11.1 Å². The van der Waals surface area contributed by atoms with E-state index in [1.807, 2.05) is 18.2 Å². The highest BCUT2D eigenvalue weighted by atomic mass is 16.5. The van der Waals surface area contributed by atoms with Gasteiger partial charge in [-0.1, -0.05) is 35.9 Å². The summed E-state index contributed by atoms with van der Waals surface area (Å²) in [5.74, 6) is 0.627. The van der Waals surface area contributed by atoms with Crippen LogP contribution in [0.5, 0.6) is 5.75 Å². The second kappa shape index (κ2) is 6.92. The Kier molecular flexibility index (Phi) is 4.97. The number of hydrogen-bond donors (Lipinski definition) is 0. The van der Waals surface area contributed by atoms with E-state index in [0.717, 1.165) is 18.7 Å². The molecule has 0 aliphatic carbocycles. The van der Waals surface area contributed by atoms with Crippen molar-refractivity contribution in [3.8, 4) is 11.8 Å². The minimum Gasteiger partial charge on any atom is -0.495 e. The smallest absolute Gasteiger partial charge is 0.136 e. The Hall–Kier alpha value is -2.31. The van der Waals surface area contributed by atoms with Crippen LogP contribution >= 0.6 is 0 Å². The maximum absolute atomic E-state index is 9.13. The lowest BCUT2D eigenvalue weighted by molar-refractivity contribution is 0.318. The van der Waals surface area contributed by atoms with Gasteiger partial charge < -0.3 is 4.74 Å². The lowest BCUT2D eigenvalue weighted by Gasteiger charge is -2.17. The molecule has 0 atom stereocenters. The molecular weight excluding hydrogens is 260 g/mol. The SMILES string of the molecule is COc1ccc(CN(C)Cc2cccc(C)c2)cc1C#N. The molecule has 0 radical (unpaired) electrons. The summed E-state index contributed by atoms with van der Waals surface area (Å²) in [5, 5.41) is 9.13. The molecule has 0 N–H and O–H groups in total. The fourth-order valence-corrected chi connectivity index (χ4v) is 2.43. The average molecular weight is 280 g/mol.